The third-order valence-corrected chi connectivity index (χ3v) is 2.88. The summed E-state index contributed by atoms with van der Waals surface area (Å²) in [4.78, 5) is 10.5. The van der Waals surface area contributed by atoms with E-state index in [2.05, 4.69) is 11.9 Å². The molecule has 0 aromatic heterocycles. The molecule has 70 valence electrons. The summed E-state index contributed by atoms with van der Waals surface area (Å²) >= 11 is 0. The van der Waals surface area contributed by atoms with Crippen molar-refractivity contribution in [3.8, 4) is 0 Å². The Kier molecular flexibility index (Phi) is 4.95. The molecule has 7 heteroatoms. The van der Waals surface area contributed by atoms with Gasteiger partial charge < -0.3 is 5.32 Å². The Morgan fingerprint density at radius 3 is 2.67 bits per heavy atom. The molecular weight excluding hydrogens is 202 g/mol. The van der Waals surface area contributed by atoms with Crippen molar-refractivity contribution in [2.24, 2.45) is 0 Å². The highest BCUT2D eigenvalue weighted by Gasteiger charge is 2.03. The Morgan fingerprint density at radius 1 is 1.67 bits per heavy atom. The second-order valence-corrected chi connectivity index (χ2v) is 5.22. The number of amides is 1. The monoisotopic (exact) mass is 211 g/mol. The van der Waals surface area contributed by atoms with Gasteiger partial charge in [-0.2, -0.15) is 8.42 Å². The third kappa shape index (κ3) is 7.58. The molecule has 0 aliphatic carbocycles. The average molecular weight is 211 g/mol. The van der Waals surface area contributed by atoms with Crippen LogP contribution in [0.2, 0.25) is 0 Å². The number of carbonyl (C=O) groups excluding carboxylic acids is 1. The van der Waals surface area contributed by atoms with E-state index in [1.165, 1.54) is 0 Å². The van der Waals surface area contributed by atoms with Gasteiger partial charge >= 0.3 is 9.15 Å². The minimum absolute atomic E-state index is 0.110. The van der Waals surface area contributed by atoms with Crippen molar-refractivity contribution in [2.75, 3.05) is 12.3 Å². The van der Waals surface area contributed by atoms with Crippen LogP contribution in [0, 0.1) is 0 Å². The Hall–Kier alpha value is -0.530. The second kappa shape index (κ2) is 5.18. The smallest absolute Gasteiger partial charge is 0.319 e. The summed E-state index contributed by atoms with van der Waals surface area (Å²) in [6.07, 6.45) is 1.08. The summed E-state index contributed by atoms with van der Waals surface area (Å²) in [6, 6.07) is 0. The van der Waals surface area contributed by atoms with Crippen molar-refractivity contribution >= 4 is 25.9 Å². The summed E-state index contributed by atoms with van der Waals surface area (Å²) < 4.78 is 28.5. The number of nitrogens with one attached hydrogen (secondary N) is 1. The predicted molar refractivity (Wildman–Crippen MR) is 47.2 cm³/mol. The van der Waals surface area contributed by atoms with E-state index in [9.17, 15) is 13.2 Å². The molecule has 0 aromatic carbocycles. The van der Waals surface area contributed by atoms with Gasteiger partial charge in [-0.15, -0.1) is 0 Å². The van der Waals surface area contributed by atoms with Gasteiger partial charge in [-0.1, -0.05) is 6.58 Å². The summed E-state index contributed by atoms with van der Waals surface area (Å²) in [5, 5.41) is 2.35. The summed E-state index contributed by atoms with van der Waals surface area (Å²) in [7, 11) is -3.62. The fraction of sp³-hybridized carbons (Fsp3) is 0.400. The van der Waals surface area contributed by atoms with Crippen LogP contribution in [0.3, 0.4) is 0 Å². The van der Waals surface area contributed by atoms with E-state index >= 15 is 0 Å². The van der Waals surface area contributed by atoms with Crippen molar-refractivity contribution in [2.45, 2.75) is 0 Å². The van der Waals surface area contributed by atoms with Gasteiger partial charge in [-0.25, -0.2) is 0 Å². The van der Waals surface area contributed by atoms with Crippen LogP contribution in [0.4, 0.5) is 0 Å². The molecule has 0 bridgehead atoms. The molecule has 0 fully saturated rings. The minimum Gasteiger partial charge on any atom is -0.352 e. The zero-order valence-electron chi connectivity index (χ0n) is 6.19. The highest BCUT2D eigenvalue weighted by Crippen LogP contribution is 2.06. The zero-order valence-corrected chi connectivity index (χ0v) is 7.82. The molecule has 0 rings (SSSR count). The van der Waals surface area contributed by atoms with Crippen molar-refractivity contribution in [1.82, 2.24) is 5.32 Å². The van der Waals surface area contributed by atoms with E-state index in [0.29, 0.717) is 10.8 Å². The summed E-state index contributed by atoms with van der Waals surface area (Å²) in [5.41, 5.74) is 0. The molecule has 2 N–H and O–H groups in total. The van der Waals surface area contributed by atoms with E-state index in [1.54, 1.807) is 0 Å². The first-order valence-corrected chi connectivity index (χ1v) is 5.92. The first kappa shape index (κ1) is 11.5. The van der Waals surface area contributed by atoms with Gasteiger partial charge in [0.05, 0.1) is 0 Å². The largest absolute Gasteiger partial charge is 0.352 e. The van der Waals surface area contributed by atoms with Crippen LogP contribution < -0.4 is 5.32 Å². The fourth-order valence-electron chi connectivity index (χ4n) is 0.393. The number of rotatable bonds is 5. The quantitative estimate of drug-likeness (QED) is 0.285. The van der Waals surface area contributed by atoms with E-state index in [1.807, 2.05) is 0 Å². The standard InChI is InChI=1S/C5H9NO4S2/c1-2-5(7)6-3-4-11-12(8,9)10/h2H,1,3-4H2,(H,6,7)(H,8,9,10). The van der Waals surface area contributed by atoms with E-state index in [4.69, 9.17) is 4.55 Å². The molecule has 12 heavy (non-hydrogen) atoms. The molecule has 0 saturated carbocycles. The van der Waals surface area contributed by atoms with Crippen molar-refractivity contribution in [1.29, 1.82) is 0 Å². The van der Waals surface area contributed by atoms with E-state index in [-0.39, 0.29) is 18.2 Å². The molecule has 0 unspecified atom stereocenters. The molecule has 0 radical (unpaired) electrons. The lowest BCUT2D eigenvalue weighted by Gasteiger charge is -1.98. The summed E-state index contributed by atoms with van der Waals surface area (Å²) in [5.74, 6) is -0.260. The highest BCUT2D eigenvalue weighted by molar-refractivity contribution is 8.69. The molecule has 0 aliphatic heterocycles. The molecule has 0 aromatic rings. The third-order valence-electron chi connectivity index (χ3n) is 0.819. The lowest BCUT2D eigenvalue weighted by atomic mass is 10.6. The molecule has 0 saturated heterocycles. The lowest BCUT2D eigenvalue weighted by Crippen LogP contribution is -2.23. The normalized spacial score (nSPS) is 10.8. The number of hydrogen-bond acceptors (Lipinski definition) is 4. The first-order valence-electron chi connectivity index (χ1n) is 2.98. The summed E-state index contributed by atoms with van der Waals surface area (Å²) in [6.45, 7) is 3.38. The van der Waals surface area contributed by atoms with Gasteiger partial charge in [0.2, 0.25) is 5.91 Å². The van der Waals surface area contributed by atoms with Gasteiger partial charge in [0, 0.05) is 12.3 Å². The van der Waals surface area contributed by atoms with Crippen molar-refractivity contribution < 1.29 is 17.8 Å². The molecule has 0 spiro atoms. The molecule has 0 atom stereocenters. The topological polar surface area (TPSA) is 83.5 Å². The van der Waals surface area contributed by atoms with E-state index < -0.39 is 9.15 Å². The Bertz CT molecular complexity index is 259. The van der Waals surface area contributed by atoms with Gasteiger partial charge in [0.15, 0.2) is 0 Å². The number of hydrogen-bond donors (Lipinski definition) is 2. The van der Waals surface area contributed by atoms with Crippen LogP contribution in [0.5, 0.6) is 0 Å². The first-order chi connectivity index (χ1) is 5.45. The molecule has 1 amide bonds. The fourth-order valence-corrected chi connectivity index (χ4v) is 1.67. The van der Waals surface area contributed by atoms with Crippen molar-refractivity contribution in [3.05, 3.63) is 12.7 Å². The van der Waals surface area contributed by atoms with Gasteiger partial charge in [-0.3, -0.25) is 9.35 Å². The second-order valence-electron chi connectivity index (χ2n) is 1.74. The Balaban J connectivity index is 3.47. The maximum Gasteiger partial charge on any atom is 0.319 e. The van der Waals surface area contributed by atoms with Gasteiger partial charge in [0.1, 0.15) is 0 Å². The maximum atomic E-state index is 10.5. The SMILES string of the molecule is C=CC(=O)NCCSS(=O)(=O)O. The molecular formula is C5H9NO4S2. The molecule has 0 heterocycles. The zero-order chi connectivity index (χ0) is 9.61. The van der Waals surface area contributed by atoms with Crippen LogP contribution in [0.25, 0.3) is 0 Å². The van der Waals surface area contributed by atoms with Crippen LogP contribution in [0.1, 0.15) is 0 Å². The van der Waals surface area contributed by atoms with Crippen LogP contribution in [0.15, 0.2) is 12.7 Å². The van der Waals surface area contributed by atoms with Crippen molar-refractivity contribution in [3.63, 3.8) is 0 Å². The predicted octanol–water partition coefficient (Wildman–Crippen LogP) is -0.175. The Labute approximate surface area is 74.4 Å². The maximum absolute atomic E-state index is 10.5. The van der Waals surface area contributed by atoms with Crippen LogP contribution in [-0.4, -0.2) is 31.2 Å². The van der Waals surface area contributed by atoms with Crippen LogP contribution >= 0.6 is 10.8 Å². The van der Waals surface area contributed by atoms with Gasteiger partial charge in [-0.05, 0) is 16.9 Å². The molecule has 5 nitrogen and oxygen atoms in total. The molecule has 0 aliphatic rings. The Morgan fingerprint density at radius 2 is 2.25 bits per heavy atom. The average Bonchev–Trinajstić information content (AvgIpc) is 1.96. The van der Waals surface area contributed by atoms with Gasteiger partial charge in [0.25, 0.3) is 0 Å². The van der Waals surface area contributed by atoms with Crippen LogP contribution in [-0.2, 0) is 13.9 Å². The highest BCUT2D eigenvalue weighted by atomic mass is 33.1. The lowest BCUT2D eigenvalue weighted by molar-refractivity contribution is -0.116. The van der Waals surface area contributed by atoms with E-state index in [0.717, 1.165) is 6.08 Å². The number of carbonyl (C=O) groups is 1. The minimum atomic E-state index is -3.99.